The van der Waals surface area contributed by atoms with Crippen LogP contribution < -0.4 is 0 Å². The molecular formula is C47H84NO8+. The minimum Gasteiger partial charge on any atom is -0.477 e. The maximum atomic E-state index is 12.7. The lowest BCUT2D eigenvalue weighted by Crippen LogP contribution is -2.40. The number of unbranched alkanes of at least 4 members (excludes halogenated alkanes) is 17. The summed E-state index contributed by atoms with van der Waals surface area (Å²) in [5.41, 5.74) is 0. The molecular weight excluding hydrogens is 707 g/mol. The van der Waals surface area contributed by atoms with Gasteiger partial charge in [0.1, 0.15) is 13.2 Å². The normalized spacial score (nSPS) is 13.4. The number of aliphatic carboxylic acids is 1. The van der Waals surface area contributed by atoms with Crippen molar-refractivity contribution in [2.45, 2.75) is 187 Å². The summed E-state index contributed by atoms with van der Waals surface area (Å²) in [6.07, 6.45) is 41.7. The molecule has 0 spiro atoms. The first kappa shape index (κ1) is 53.2. The van der Waals surface area contributed by atoms with E-state index in [1.807, 2.05) is 21.1 Å². The first-order valence-corrected chi connectivity index (χ1v) is 22.3. The molecule has 2 unspecified atom stereocenters. The van der Waals surface area contributed by atoms with E-state index in [0.29, 0.717) is 23.9 Å². The SMILES string of the molecule is CC/C=C\C/C=C\C/C=C\C/C=C\CCCCCCCCCCC(=O)OC(COC(=O)CCCCCCCCCCCC)COC(OCC[N+](C)(C)C)C(=O)O. The number of carboxylic acid groups (broad SMARTS) is 1. The van der Waals surface area contributed by atoms with Gasteiger partial charge in [-0.25, -0.2) is 4.79 Å². The minimum absolute atomic E-state index is 0.185. The number of nitrogens with zero attached hydrogens (tertiary/aromatic N) is 1. The quantitative estimate of drug-likeness (QED) is 0.0215. The van der Waals surface area contributed by atoms with Gasteiger partial charge in [0.05, 0.1) is 34.4 Å². The second-order valence-corrected chi connectivity index (χ2v) is 16.0. The number of ether oxygens (including phenoxy) is 4. The summed E-state index contributed by atoms with van der Waals surface area (Å²) in [6.45, 7) is 4.72. The fourth-order valence-electron chi connectivity index (χ4n) is 5.88. The number of quaternary nitrogens is 1. The molecule has 9 nitrogen and oxygen atoms in total. The number of allylic oxidation sites excluding steroid dienone is 8. The van der Waals surface area contributed by atoms with Crippen LogP contribution in [0, 0.1) is 0 Å². The topological polar surface area (TPSA) is 108 Å². The van der Waals surface area contributed by atoms with Crippen LogP contribution in [0.3, 0.4) is 0 Å². The fraction of sp³-hybridized carbons (Fsp3) is 0.766. The highest BCUT2D eigenvalue weighted by molar-refractivity contribution is 5.71. The Kier molecular flexibility index (Phi) is 37.2. The minimum atomic E-state index is -1.51. The van der Waals surface area contributed by atoms with E-state index in [0.717, 1.165) is 70.6 Å². The first-order chi connectivity index (χ1) is 27.1. The van der Waals surface area contributed by atoms with Crippen LogP contribution in [0.4, 0.5) is 0 Å². The van der Waals surface area contributed by atoms with E-state index in [1.54, 1.807) is 0 Å². The summed E-state index contributed by atoms with van der Waals surface area (Å²) >= 11 is 0. The van der Waals surface area contributed by atoms with Gasteiger partial charge in [-0.05, 0) is 51.4 Å². The molecule has 0 bridgehead atoms. The predicted molar refractivity (Wildman–Crippen MR) is 230 cm³/mol. The summed E-state index contributed by atoms with van der Waals surface area (Å²) in [5, 5.41) is 9.62. The van der Waals surface area contributed by atoms with E-state index < -0.39 is 24.3 Å². The van der Waals surface area contributed by atoms with Gasteiger partial charge in [0, 0.05) is 12.8 Å². The summed E-state index contributed by atoms with van der Waals surface area (Å²) in [6, 6.07) is 0. The zero-order valence-electron chi connectivity index (χ0n) is 36.5. The number of esters is 2. The molecule has 0 rings (SSSR count). The van der Waals surface area contributed by atoms with E-state index in [4.69, 9.17) is 18.9 Å². The molecule has 0 aromatic carbocycles. The van der Waals surface area contributed by atoms with Crippen LogP contribution in [-0.4, -0.2) is 87.4 Å². The van der Waals surface area contributed by atoms with Gasteiger partial charge >= 0.3 is 17.9 Å². The van der Waals surface area contributed by atoms with Gasteiger partial charge in [-0.3, -0.25) is 9.59 Å². The zero-order valence-corrected chi connectivity index (χ0v) is 36.5. The molecule has 0 aliphatic heterocycles. The Morgan fingerprint density at radius 3 is 1.52 bits per heavy atom. The summed E-state index contributed by atoms with van der Waals surface area (Å²) in [4.78, 5) is 37.0. The maximum absolute atomic E-state index is 12.7. The molecule has 0 aromatic heterocycles. The number of carbonyl (C=O) groups is 3. The van der Waals surface area contributed by atoms with Crippen LogP contribution >= 0.6 is 0 Å². The van der Waals surface area contributed by atoms with Crippen molar-refractivity contribution in [1.82, 2.24) is 0 Å². The van der Waals surface area contributed by atoms with Gasteiger partial charge in [-0.15, -0.1) is 0 Å². The number of hydrogen-bond donors (Lipinski definition) is 1. The molecule has 0 aromatic rings. The van der Waals surface area contributed by atoms with Gasteiger partial charge in [0.15, 0.2) is 6.10 Å². The average molecular weight is 791 g/mol. The fourth-order valence-corrected chi connectivity index (χ4v) is 5.88. The van der Waals surface area contributed by atoms with E-state index >= 15 is 0 Å². The summed E-state index contributed by atoms with van der Waals surface area (Å²) < 4.78 is 22.7. The van der Waals surface area contributed by atoms with Crippen molar-refractivity contribution in [3.63, 3.8) is 0 Å². The maximum Gasteiger partial charge on any atom is 0.361 e. The lowest BCUT2D eigenvalue weighted by Gasteiger charge is -2.25. The Hall–Kier alpha value is -2.75. The monoisotopic (exact) mass is 791 g/mol. The Labute approximate surface area is 342 Å². The Balaban J connectivity index is 4.39. The van der Waals surface area contributed by atoms with Crippen molar-refractivity contribution in [2.75, 3.05) is 47.5 Å². The van der Waals surface area contributed by atoms with Gasteiger partial charge in [0.25, 0.3) is 6.29 Å². The van der Waals surface area contributed by atoms with Gasteiger partial charge in [-0.1, -0.05) is 159 Å². The largest absolute Gasteiger partial charge is 0.477 e. The van der Waals surface area contributed by atoms with E-state index in [9.17, 15) is 19.5 Å². The molecule has 0 heterocycles. The van der Waals surface area contributed by atoms with Crippen molar-refractivity contribution < 1.29 is 42.9 Å². The molecule has 0 saturated heterocycles. The van der Waals surface area contributed by atoms with Gasteiger partial charge in [-0.2, -0.15) is 0 Å². The predicted octanol–water partition coefficient (Wildman–Crippen LogP) is 11.6. The smallest absolute Gasteiger partial charge is 0.361 e. The molecule has 1 N–H and O–H groups in total. The van der Waals surface area contributed by atoms with Crippen LogP contribution in [0.25, 0.3) is 0 Å². The standard InChI is InChI=1S/C47H83NO8/c1-6-8-10-12-14-16-18-19-20-21-22-23-24-25-26-27-28-30-32-34-36-38-45(50)56-43(42-55-47(46(51)52)53-40-39-48(3,4)5)41-54-44(49)37-35-33-31-29-17-15-13-11-9-7-2/h8,10,14,16,19-20,22-23,43,47H,6-7,9,11-13,15,17-18,21,24-42H2,1-5H3/p+1/b10-8-,16-14-,20-19-,23-22-. The van der Waals surface area contributed by atoms with Crippen LogP contribution in [-0.2, 0) is 33.3 Å². The van der Waals surface area contributed by atoms with Crippen molar-refractivity contribution in [3.05, 3.63) is 48.6 Å². The third-order valence-corrected chi connectivity index (χ3v) is 9.35. The highest BCUT2D eigenvalue weighted by atomic mass is 16.7. The number of likely N-dealkylation sites (N-methyl/N-ethyl adjacent to an activating group) is 1. The van der Waals surface area contributed by atoms with Gasteiger partial charge < -0.3 is 28.5 Å². The average Bonchev–Trinajstić information content (AvgIpc) is 3.15. The molecule has 9 heteroatoms. The molecule has 56 heavy (non-hydrogen) atoms. The van der Waals surface area contributed by atoms with Crippen LogP contribution in [0.2, 0.25) is 0 Å². The highest BCUT2D eigenvalue weighted by Crippen LogP contribution is 2.14. The molecule has 0 aliphatic carbocycles. The zero-order chi connectivity index (χ0) is 41.4. The van der Waals surface area contributed by atoms with Gasteiger partial charge in [0.2, 0.25) is 0 Å². The van der Waals surface area contributed by atoms with Crippen LogP contribution in [0.1, 0.15) is 174 Å². The van der Waals surface area contributed by atoms with E-state index in [2.05, 4.69) is 62.5 Å². The van der Waals surface area contributed by atoms with E-state index in [1.165, 1.54) is 70.6 Å². The van der Waals surface area contributed by atoms with Crippen LogP contribution in [0.15, 0.2) is 48.6 Å². The third-order valence-electron chi connectivity index (χ3n) is 9.35. The lowest BCUT2D eigenvalue weighted by molar-refractivity contribution is -0.870. The second-order valence-electron chi connectivity index (χ2n) is 16.0. The first-order valence-electron chi connectivity index (χ1n) is 22.3. The van der Waals surface area contributed by atoms with Crippen molar-refractivity contribution >= 4 is 17.9 Å². The summed E-state index contributed by atoms with van der Waals surface area (Å²) in [7, 11) is 5.95. The molecule has 2 atom stereocenters. The molecule has 0 amide bonds. The Bertz CT molecular complexity index is 1060. The number of carboxylic acids is 1. The highest BCUT2D eigenvalue weighted by Gasteiger charge is 2.25. The molecule has 324 valence electrons. The number of hydrogen-bond acceptors (Lipinski definition) is 7. The van der Waals surface area contributed by atoms with Crippen molar-refractivity contribution in [1.29, 1.82) is 0 Å². The van der Waals surface area contributed by atoms with Crippen LogP contribution in [0.5, 0.6) is 0 Å². The second kappa shape index (κ2) is 39.1. The number of carbonyl (C=O) groups excluding carboxylic acids is 2. The Morgan fingerprint density at radius 2 is 1.02 bits per heavy atom. The molecule has 0 fully saturated rings. The molecule has 0 saturated carbocycles. The van der Waals surface area contributed by atoms with E-state index in [-0.39, 0.29) is 32.2 Å². The Morgan fingerprint density at radius 1 is 0.554 bits per heavy atom. The molecule has 0 radical (unpaired) electrons. The summed E-state index contributed by atoms with van der Waals surface area (Å²) in [5.74, 6) is -2.02. The number of rotatable bonds is 40. The molecule has 0 aliphatic rings. The third kappa shape index (κ3) is 39.5. The van der Waals surface area contributed by atoms with Crippen molar-refractivity contribution in [3.8, 4) is 0 Å². The lowest BCUT2D eigenvalue weighted by atomic mass is 10.1. The van der Waals surface area contributed by atoms with Crippen molar-refractivity contribution in [2.24, 2.45) is 0 Å².